The van der Waals surface area contributed by atoms with Gasteiger partial charge in [-0.25, -0.2) is 0 Å². The maximum atomic E-state index is 12.5. The average molecular weight is 352 g/mol. The van der Waals surface area contributed by atoms with E-state index in [1.165, 1.54) is 12.1 Å². The first-order chi connectivity index (χ1) is 11.8. The molecule has 0 spiro atoms. The maximum Gasteiger partial charge on any atom is 0.416 e. The smallest absolute Gasteiger partial charge is 0.416 e. The normalized spacial score (nSPS) is 10.9. The zero-order valence-electron chi connectivity index (χ0n) is 13.2. The molecule has 0 saturated carbocycles. The van der Waals surface area contributed by atoms with Crippen LogP contribution >= 0.6 is 0 Å². The molecule has 5 nitrogen and oxygen atoms in total. The van der Waals surface area contributed by atoms with Crippen molar-refractivity contribution in [2.45, 2.75) is 13.1 Å². The zero-order valence-corrected chi connectivity index (χ0v) is 13.2. The maximum absolute atomic E-state index is 12.5. The predicted octanol–water partition coefficient (Wildman–Crippen LogP) is 3.18. The van der Waals surface area contributed by atoms with Crippen LogP contribution in [0.25, 0.3) is 0 Å². The van der Waals surface area contributed by atoms with Gasteiger partial charge in [-0.05, 0) is 55.5 Å². The molecule has 132 valence electrons. The van der Waals surface area contributed by atoms with Gasteiger partial charge in [0.15, 0.2) is 0 Å². The van der Waals surface area contributed by atoms with Crippen LogP contribution < -0.4 is 15.6 Å². The molecule has 2 amide bonds. The van der Waals surface area contributed by atoms with E-state index in [0.29, 0.717) is 12.4 Å². The molecule has 0 heterocycles. The van der Waals surface area contributed by atoms with Crippen molar-refractivity contribution in [3.8, 4) is 5.75 Å². The number of alkyl halides is 3. The SMILES string of the molecule is CCOc1ccc(C(=O)NNC(=O)c2ccc(C(F)(F)F)cc2)cc1. The number of hydrazine groups is 1. The fourth-order valence-corrected chi connectivity index (χ4v) is 1.94. The molecule has 0 atom stereocenters. The Bertz CT molecular complexity index is 741. The van der Waals surface area contributed by atoms with Gasteiger partial charge < -0.3 is 4.74 Å². The number of amides is 2. The van der Waals surface area contributed by atoms with Gasteiger partial charge in [0.2, 0.25) is 0 Å². The van der Waals surface area contributed by atoms with E-state index in [0.717, 1.165) is 24.3 Å². The summed E-state index contributed by atoms with van der Waals surface area (Å²) in [6.45, 7) is 2.33. The minimum atomic E-state index is -4.48. The molecular formula is C17H15F3N2O3. The predicted molar refractivity (Wildman–Crippen MR) is 84.0 cm³/mol. The van der Waals surface area contributed by atoms with E-state index in [1.54, 1.807) is 12.1 Å². The summed E-state index contributed by atoms with van der Waals surface area (Å²) >= 11 is 0. The van der Waals surface area contributed by atoms with Crippen LogP contribution in [0.1, 0.15) is 33.2 Å². The molecule has 0 unspecified atom stereocenters. The molecule has 8 heteroatoms. The van der Waals surface area contributed by atoms with Crippen molar-refractivity contribution >= 4 is 11.8 Å². The van der Waals surface area contributed by atoms with Crippen molar-refractivity contribution < 1.29 is 27.5 Å². The Morgan fingerprint density at radius 2 is 1.32 bits per heavy atom. The van der Waals surface area contributed by atoms with Crippen molar-refractivity contribution in [1.29, 1.82) is 0 Å². The number of hydrogen-bond acceptors (Lipinski definition) is 3. The van der Waals surface area contributed by atoms with Crippen molar-refractivity contribution in [2.24, 2.45) is 0 Å². The highest BCUT2D eigenvalue weighted by atomic mass is 19.4. The van der Waals surface area contributed by atoms with Crippen LogP contribution in [-0.4, -0.2) is 18.4 Å². The van der Waals surface area contributed by atoms with Gasteiger partial charge in [-0.3, -0.25) is 20.4 Å². The third-order valence-corrected chi connectivity index (χ3v) is 3.19. The summed E-state index contributed by atoms with van der Waals surface area (Å²) < 4.78 is 42.7. The monoisotopic (exact) mass is 352 g/mol. The van der Waals surface area contributed by atoms with E-state index in [9.17, 15) is 22.8 Å². The van der Waals surface area contributed by atoms with Crippen molar-refractivity contribution in [3.05, 3.63) is 65.2 Å². The van der Waals surface area contributed by atoms with Gasteiger partial charge in [0.25, 0.3) is 11.8 Å². The van der Waals surface area contributed by atoms with Crippen LogP contribution in [0.4, 0.5) is 13.2 Å². The molecule has 0 fully saturated rings. The summed E-state index contributed by atoms with van der Waals surface area (Å²) in [5, 5.41) is 0. The minimum Gasteiger partial charge on any atom is -0.494 e. The molecule has 2 rings (SSSR count). The molecule has 0 aliphatic heterocycles. The Hall–Kier alpha value is -3.03. The third-order valence-electron chi connectivity index (χ3n) is 3.19. The van der Waals surface area contributed by atoms with Crippen molar-refractivity contribution in [3.63, 3.8) is 0 Å². The van der Waals surface area contributed by atoms with Gasteiger partial charge >= 0.3 is 6.18 Å². The van der Waals surface area contributed by atoms with Gasteiger partial charge in [0.05, 0.1) is 12.2 Å². The molecule has 0 bridgehead atoms. The van der Waals surface area contributed by atoms with Gasteiger partial charge in [0, 0.05) is 11.1 Å². The summed E-state index contributed by atoms with van der Waals surface area (Å²) in [5.41, 5.74) is 3.75. The van der Waals surface area contributed by atoms with E-state index in [1.807, 2.05) is 6.92 Å². The second-order valence-corrected chi connectivity index (χ2v) is 4.94. The first kappa shape index (κ1) is 18.3. The highest BCUT2D eigenvalue weighted by Crippen LogP contribution is 2.29. The summed E-state index contributed by atoms with van der Waals surface area (Å²) in [6, 6.07) is 9.90. The largest absolute Gasteiger partial charge is 0.494 e. The number of ether oxygens (including phenoxy) is 1. The fraction of sp³-hybridized carbons (Fsp3) is 0.176. The van der Waals surface area contributed by atoms with Gasteiger partial charge in [0.1, 0.15) is 5.75 Å². The molecule has 0 aliphatic carbocycles. The lowest BCUT2D eigenvalue weighted by molar-refractivity contribution is -0.137. The Morgan fingerprint density at radius 1 is 0.880 bits per heavy atom. The van der Waals surface area contributed by atoms with E-state index in [2.05, 4.69) is 10.9 Å². The molecule has 0 radical (unpaired) electrons. The number of benzene rings is 2. The molecule has 0 aliphatic rings. The number of carbonyl (C=O) groups is 2. The van der Waals surface area contributed by atoms with Crippen LogP contribution in [0.3, 0.4) is 0 Å². The first-order valence-corrected chi connectivity index (χ1v) is 7.32. The first-order valence-electron chi connectivity index (χ1n) is 7.32. The second-order valence-electron chi connectivity index (χ2n) is 4.94. The molecular weight excluding hydrogens is 337 g/mol. The average Bonchev–Trinajstić information content (AvgIpc) is 2.59. The number of hydrogen-bond donors (Lipinski definition) is 2. The van der Waals surface area contributed by atoms with Crippen LogP contribution in [0, 0.1) is 0 Å². The summed E-state index contributed by atoms with van der Waals surface area (Å²) in [7, 11) is 0. The van der Waals surface area contributed by atoms with Crippen LogP contribution in [0.2, 0.25) is 0 Å². The highest BCUT2D eigenvalue weighted by Gasteiger charge is 2.30. The van der Waals surface area contributed by atoms with Crippen LogP contribution in [-0.2, 0) is 6.18 Å². The summed E-state index contributed by atoms with van der Waals surface area (Å²) in [6.07, 6.45) is -4.48. The lowest BCUT2D eigenvalue weighted by Gasteiger charge is -2.10. The van der Waals surface area contributed by atoms with Crippen LogP contribution in [0.15, 0.2) is 48.5 Å². The molecule has 2 aromatic carbocycles. The molecule has 0 saturated heterocycles. The number of carbonyl (C=O) groups excluding carboxylic acids is 2. The third kappa shape index (κ3) is 4.97. The van der Waals surface area contributed by atoms with Crippen molar-refractivity contribution in [1.82, 2.24) is 10.9 Å². The standard InChI is InChI=1S/C17H15F3N2O3/c1-2-25-14-9-5-12(6-10-14)16(24)22-21-15(23)11-3-7-13(8-4-11)17(18,19)20/h3-10H,2H2,1H3,(H,21,23)(H,22,24). The van der Waals surface area contributed by atoms with E-state index in [-0.39, 0.29) is 11.1 Å². The summed E-state index contributed by atoms with van der Waals surface area (Å²) in [4.78, 5) is 23.8. The van der Waals surface area contributed by atoms with E-state index >= 15 is 0 Å². The molecule has 25 heavy (non-hydrogen) atoms. The lowest BCUT2D eigenvalue weighted by Crippen LogP contribution is -2.41. The Labute approximate surface area is 141 Å². The van der Waals surface area contributed by atoms with Crippen LogP contribution in [0.5, 0.6) is 5.75 Å². The molecule has 2 aromatic rings. The summed E-state index contributed by atoms with van der Waals surface area (Å²) in [5.74, 6) is -0.691. The molecule has 2 N–H and O–H groups in total. The van der Waals surface area contributed by atoms with Gasteiger partial charge in [-0.1, -0.05) is 0 Å². The minimum absolute atomic E-state index is 0.0139. The Morgan fingerprint density at radius 3 is 1.72 bits per heavy atom. The second kappa shape index (κ2) is 7.69. The Balaban J connectivity index is 1.93. The lowest BCUT2D eigenvalue weighted by atomic mass is 10.1. The number of halogens is 3. The van der Waals surface area contributed by atoms with Gasteiger partial charge in [-0.2, -0.15) is 13.2 Å². The fourth-order valence-electron chi connectivity index (χ4n) is 1.94. The molecule has 0 aromatic heterocycles. The quantitative estimate of drug-likeness (QED) is 0.831. The highest BCUT2D eigenvalue weighted by molar-refractivity contribution is 5.99. The van der Waals surface area contributed by atoms with Crippen molar-refractivity contribution in [2.75, 3.05) is 6.61 Å². The van der Waals surface area contributed by atoms with E-state index < -0.39 is 23.6 Å². The number of nitrogens with one attached hydrogen (secondary N) is 2. The van der Waals surface area contributed by atoms with Gasteiger partial charge in [-0.15, -0.1) is 0 Å². The topological polar surface area (TPSA) is 67.4 Å². The Kier molecular flexibility index (Phi) is 5.63. The number of rotatable bonds is 4. The van der Waals surface area contributed by atoms with E-state index in [4.69, 9.17) is 4.74 Å². The zero-order chi connectivity index (χ0) is 18.4.